The van der Waals surface area contributed by atoms with Gasteiger partial charge in [0.05, 0.1) is 4.99 Å². The van der Waals surface area contributed by atoms with Gasteiger partial charge in [-0.15, -0.1) is 0 Å². The van der Waals surface area contributed by atoms with Crippen molar-refractivity contribution in [3.8, 4) is 0 Å². The lowest BCUT2D eigenvalue weighted by Crippen LogP contribution is -2.35. The third kappa shape index (κ3) is 3.03. The van der Waals surface area contributed by atoms with E-state index in [1.54, 1.807) is 20.0 Å². The van der Waals surface area contributed by atoms with Crippen LogP contribution in [-0.2, 0) is 0 Å². The molecule has 6 heteroatoms. The van der Waals surface area contributed by atoms with Gasteiger partial charge in [0.25, 0.3) is 5.91 Å². The Morgan fingerprint density at radius 2 is 2.38 bits per heavy atom. The molecular weight excluding hydrogens is 226 g/mol. The molecule has 16 heavy (non-hydrogen) atoms. The standard InChI is InChI=1S/C10H15N3O2S/c1-6(9(11)16)5-13(3)10(14)8-4-7(2)15-12-8/h4,6H,5H2,1-3H3,(H2,11,16). The third-order valence-electron chi connectivity index (χ3n) is 2.23. The van der Waals surface area contributed by atoms with Gasteiger partial charge >= 0.3 is 0 Å². The summed E-state index contributed by atoms with van der Waals surface area (Å²) in [5.41, 5.74) is 5.79. The fourth-order valence-electron chi connectivity index (χ4n) is 1.25. The fourth-order valence-corrected chi connectivity index (χ4v) is 1.32. The topological polar surface area (TPSA) is 72.4 Å². The Kier molecular flexibility index (Phi) is 4.00. The molecule has 2 N–H and O–H groups in total. The van der Waals surface area contributed by atoms with E-state index in [9.17, 15) is 4.79 Å². The average Bonchev–Trinajstić information content (AvgIpc) is 2.63. The van der Waals surface area contributed by atoms with Crippen molar-refractivity contribution in [1.82, 2.24) is 10.1 Å². The summed E-state index contributed by atoms with van der Waals surface area (Å²) in [5, 5.41) is 3.66. The number of nitrogens with zero attached hydrogens (tertiary/aromatic N) is 2. The lowest BCUT2D eigenvalue weighted by Gasteiger charge is -2.19. The predicted octanol–water partition coefficient (Wildman–Crippen LogP) is 0.977. The smallest absolute Gasteiger partial charge is 0.275 e. The molecule has 0 fully saturated rings. The van der Waals surface area contributed by atoms with E-state index in [2.05, 4.69) is 5.16 Å². The molecule has 1 atom stereocenters. The maximum Gasteiger partial charge on any atom is 0.275 e. The molecular formula is C10H15N3O2S. The normalized spacial score (nSPS) is 12.2. The molecule has 1 amide bonds. The minimum Gasteiger partial charge on any atom is -0.393 e. The minimum absolute atomic E-state index is 0.0167. The summed E-state index contributed by atoms with van der Waals surface area (Å²) in [6.45, 7) is 4.08. The van der Waals surface area contributed by atoms with Crippen molar-refractivity contribution in [2.75, 3.05) is 13.6 Å². The van der Waals surface area contributed by atoms with Gasteiger partial charge in [0.15, 0.2) is 5.69 Å². The molecule has 0 saturated heterocycles. The van der Waals surface area contributed by atoms with Crippen LogP contribution in [0.5, 0.6) is 0 Å². The molecule has 1 rings (SSSR count). The molecule has 0 radical (unpaired) electrons. The van der Waals surface area contributed by atoms with Crippen molar-refractivity contribution in [2.45, 2.75) is 13.8 Å². The summed E-state index contributed by atoms with van der Waals surface area (Å²) in [6, 6.07) is 1.60. The molecule has 1 aromatic rings. The van der Waals surface area contributed by atoms with Crippen LogP contribution >= 0.6 is 12.2 Å². The number of hydrogen-bond acceptors (Lipinski definition) is 4. The average molecular weight is 241 g/mol. The van der Waals surface area contributed by atoms with Crippen molar-refractivity contribution in [3.63, 3.8) is 0 Å². The van der Waals surface area contributed by atoms with Crippen LogP contribution < -0.4 is 5.73 Å². The highest BCUT2D eigenvalue weighted by Gasteiger charge is 2.18. The maximum atomic E-state index is 11.8. The Bertz CT molecular complexity index is 403. The van der Waals surface area contributed by atoms with Crippen molar-refractivity contribution in [2.24, 2.45) is 11.7 Å². The zero-order valence-electron chi connectivity index (χ0n) is 9.56. The lowest BCUT2D eigenvalue weighted by atomic mass is 10.1. The van der Waals surface area contributed by atoms with Gasteiger partial charge in [-0.3, -0.25) is 4.79 Å². The van der Waals surface area contributed by atoms with Crippen LogP contribution in [0, 0.1) is 12.8 Å². The molecule has 0 aliphatic carbocycles. The van der Waals surface area contributed by atoms with Crippen LogP contribution in [0.4, 0.5) is 0 Å². The second-order valence-corrected chi connectivity index (χ2v) is 4.28. The first-order valence-electron chi connectivity index (χ1n) is 4.90. The molecule has 1 unspecified atom stereocenters. The van der Waals surface area contributed by atoms with Crippen molar-refractivity contribution >= 4 is 23.1 Å². The third-order valence-corrected chi connectivity index (χ3v) is 2.63. The molecule has 0 aromatic carbocycles. The van der Waals surface area contributed by atoms with Gasteiger partial charge < -0.3 is 15.2 Å². The zero-order valence-corrected chi connectivity index (χ0v) is 10.4. The highest BCUT2D eigenvalue weighted by molar-refractivity contribution is 7.80. The first-order chi connectivity index (χ1) is 7.41. The van der Waals surface area contributed by atoms with Gasteiger partial charge in [-0.05, 0) is 6.92 Å². The minimum atomic E-state index is -0.194. The largest absolute Gasteiger partial charge is 0.393 e. The summed E-state index contributed by atoms with van der Waals surface area (Å²) in [7, 11) is 1.68. The number of rotatable bonds is 4. The van der Waals surface area contributed by atoms with Gasteiger partial charge in [0, 0.05) is 25.6 Å². The van der Waals surface area contributed by atoms with Crippen LogP contribution in [0.1, 0.15) is 23.2 Å². The quantitative estimate of drug-likeness (QED) is 0.795. The fraction of sp³-hybridized carbons (Fsp3) is 0.500. The summed E-state index contributed by atoms with van der Waals surface area (Å²) in [4.78, 5) is 13.8. The molecule has 0 saturated carbocycles. The van der Waals surface area contributed by atoms with Crippen LogP contribution in [0.3, 0.4) is 0 Å². The summed E-state index contributed by atoms with van der Waals surface area (Å²) in [6.07, 6.45) is 0. The molecule has 1 heterocycles. The number of nitrogens with two attached hydrogens (primary N) is 1. The number of thiocarbonyl (C=S) groups is 1. The van der Waals surface area contributed by atoms with Crippen LogP contribution in [0.2, 0.25) is 0 Å². The second-order valence-electron chi connectivity index (χ2n) is 3.81. The van der Waals surface area contributed by atoms with E-state index >= 15 is 0 Å². The van der Waals surface area contributed by atoms with Crippen LogP contribution in [0.25, 0.3) is 0 Å². The molecule has 0 aliphatic rings. The van der Waals surface area contributed by atoms with E-state index in [0.29, 0.717) is 23.0 Å². The number of carbonyl (C=O) groups is 1. The molecule has 0 spiro atoms. The summed E-state index contributed by atoms with van der Waals surface area (Å²) < 4.78 is 4.84. The number of aromatic nitrogens is 1. The monoisotopic (exact) mass is 241 g/mol. The SMILES string of the molecule is Cc1cc(C(=O)N(C)CC(C)C(N)=S)no1. The van der Waals surface area contributed by atoms with E-state index in [0.717, 1.165) is 0 Å². The van der Waals surface area contributed by atoms with Gasteiger partial charge in [-0.1, -0.05) is 24.3 Å². The molecule has 88 valence electrons. The number of hydrogen-bond donors (Lipinski definition) is 1. The van der Waals surface area contributed by atoms with E-state index in [-0.39, 0.29) is 11.8 Å². The first-order valence-corrected chi connectivity index (χ1v) is 5.30. The van der Waals surface area contributed by atoms with E-state index < -0.39 is 0 Å². The van der Waals surface area contributed by atoms with Gasteiger partial charge in [-0.2, -0.15) is 0 Å². The van der Waals surface area contributed by atoms with Crippen molar-refractivity contribution in [3.05, 3.63) is 17.5 Å². The van der Waals surface area contributed by atoms with Gasteiger partial charge in [0.1, 0.15) is 5.76 Å². The van der Waals surface area contributed by atoms with Gasteiger partial charge in [-0.25, -0.2) is 0 Å². The highest BCUT2D eigenvalue weighted by Crippen LogP contribution is 2.07. The molecule has 1 aromatic heterocycles. The zero-order chi connectivity index (χ0) is 12.3. The van der Waals surface area contributed by atoms with E-state index in [1.165, 1.54) is 4.90 Å². The molecule has 0 bridgehead atoms. The first kappa shape index (κ1) is 12.6. The van der Waals surface area contributed by atoms with Gasteiger partial charge in [0.2, 0.25) is 0 Å². The highest BCUT2D eigenvalue weighted by atomic mass is 32.1. The Morgan fingerprint density at radius 3 is 2.81 bits per heavy atom. The van der Waals surface area contributed by atoms with Crippen molar-refractivity contribution < 1.29 is 9.32 Å². The van der Waals surface area contributed by atoms with E-state index in [1.807, 2.05) is 6.92 Å². The van der Waals surface area contributed by atoms with E-state index in [4.69, 9.17) is 22.5 Å². The Morgan fingerprint density at radius 1 is 1.75 bits per heavy atom. The van der Waals surface area contributed by atoms with Crippen molar-refractivity contribution in [1.29, 1.82) is 0 Å². The maximum absolute atomic E-state index is 11.8. The Hall–Kier alpha value is -1.43. The summed E-state index contributed by atoms with van der Waals surface area (Å²) in [5.74, 6) is 0.399. The second kappa shape index (κ2) is 5.07. The number of amides is 1. The number of carbonyl (C=O) groups excluding carboxylic acids is 1. The summed E-state index contributed by atoms with van der Waals surface area (Å²) >= 11 is 4.85. The lowest BCUT2D eigenvalue weighted by molar-refractivity contribution is 0.0776. The van der Waals surface area contributed by atoms with Crippen LogP contribution in [-0.4, -0.2) is 34.5 Å². The number of aryl methyl sites for hydroxylation is 1. The predicted molar refractivity (Wildman–Crippen MR) is 64.1 cm³/mol. The Balaban J connectivity index is 2.64. The Labute approximate surface area is 99.6 Å². The molecule has 5 nitrogen and oxygen atoms in total. The molecule has 0 aliphatic heterocycles. The van der Waals surface area contributed by atoms with Crippen LogP contribution in [0.15, 0.2) is 10.6 Å².